The molecular formula is C12H17I. The third kappa shape index (κ3) is 2.97. The van der Waals surface area contributed by atoms with Crippen LogP contribution < -0.4 is 0 Å². The molecule has 1 heteroatoms. The van der Waals surface area contributed by atoms with Gasteiger partial charge in [-0.05, 0) is 58.5 Å². The van der Waals surface area contributed by atoms with Crippen molar-refractivity contribution in [3.05, 3.63) is 33.4 Å². The molecule has 1 rings (SSSR count). The summed E-state index contributed by atoms with van der Waals surface area (Å²) in [6.45, 7) is 6.86. The minimum Gasteiger partial charge on any atom is -0.0648 e. The summed E-state index contributed by atoms with van der Waals surface area (Å²) in [4.78, 5) is 0. The lowest BCUT2D eigenvalue weighted by atomic mass is 9.86. The molecule has 0 bridgehead atoms. The van der Waals surface area contributed by atoms with E-state index in [2.05, 4.69) is 67.6 Å². The van der Waals surface area contributed by atoms with Crippen molar-refractivity contribution in [2.45, 2.75) is 33.1 Å². The number of halogens is 1. The van der Waals surface area contributed by atoms with Gasteiger partial charge in [0.25, 0.3) is 0 Å². The zero-order chi connectivity index (χ0) is 9.84. The van der Waals surface area contributed by atoms with E-state index in [0.717, 1.165) is 11.8 Å². The fraction of sp³-hybridized carbons (Fsp3) is 0.500. The van der Waals surface area contributed by atoms with E-state index in [1.54, 1.807) is 0 Å². The predicted octanol–water partition coefficient (Wildman–Crippen LogP) is 4.44. The van der Waals surface area contributed by atoms with Crippen LogP contribution in [0.3, 0.4) is 0 Å². The monoisotopic (exact) mass is 288 g/mol. The molecule has 0 aromatic heterocycles. The van der Waals surface area contributed by atoms with Gasteiger partial charge in [0.05, 0.1) is 0 Å². The lowest BCUT2D eigenvalue weighted by molar-refractivity contribution is 0.485. The highest BCUT2D eigenvalue weighted by Crippen LogP contribution is 2.27. The van der Waals surface area contributed by atoms with Crippen LogP contribution in [0.4, 0.5) is 0 Å². The second kappa shape index (κ2) is 4.99. The minimum absolute atomic E-state index is 0.719. The van der Waals surface area contributed by atoms with E-state index in [0.29, 0.717) is 0 Å². The van der Waals surface area contributed by atoms with Gasteiger partial charge in [0.1, 0.15) is 0 Å². The summed E-state index contributed by atoms with van der Waals surface area (Å²) in [5, 5.41) is 0. The van der Waals surface area contributed by atoms with Crippen LogP contribution in [0.5, 0.6) is 0 Å². The second-order valence-corrected chi connectivity index (χ2v) is 5.06. The maximum absolute atomic E-state index is 2.35. The molecule has 13 heavy (non-hydrogen) atoms. The maximum Gasteiger partial charge on any atom is 0.0130 e. The van der Waals surface area contributed by atoms with Gasteiger partial charge in [0, 0.05) is 3.57 Å². The first-order valence-corrected chi connectivity index (χ1v) is 5.98. The summed E-state index contributed by atoms with van der Waals surface area (Å²) < 4.78 is 1.32. The topological polar surface area (TPSA) is 0 Å². The Morgan fingerprint density at radius 1 is 1.15 bits per heavy atom. The molecule has 0 saturated carbocycles. The smallest absolute Gasteiger partial charge is 0.0130 e. The summed E-state index contributed by atoms with van der Waals surface area (Å²) in [6, 6.07) is 8.91. The van der Waals surface area contributed by atoms with Crippen LogP contribution in [0.15, 0.2) is 24.3 Å². The molecule has 1 aromatic carbocycles. The maximum atomic E-state index is 2.35. The van der Waals surface area contributed by atoms with E-state index in [4.69, 9.17) is 0 Å². The van der Waals surface area contributed by atoms with E-state index in [9.17, 15) is 0 Å². The summed E-state index contributed by atoms with van der Waals surface area (Å²) in [5.41, 5.74) is 1.48. The third-order valence-corrected chi connectivity index (χ3v) is 3.26. The Morgan fingerprint density at radius 2 is 1.69 bits per heavy atom. The Morgan fingerprint density at radius 3 is 2.08 bits per heavy atom. The fourth-order valence-electron chi connectivity index (χ4n) is 1.80. The molecule has 0 saturated heterocycles. The highest BCUT2D eigenvalue weighted by Gasteiger charge is 2.12. The predicted molar refractivity (Wildman–Crippen MR) is 67.0 cm³/mol. The fourth-order valence-corrected chi connectivity index (χ4v) is 2.16. The molecule has 0 aliphatic carbocycles. The second-order valence-electron chi connectivity index (χ2n) is 3.81. The van der Waals surface area contributed by atoms with Crippen molar-refractivity contribution in [3.8, 4) is 0 Å². The first-order chi connectivity index (χ1) is 6.15. The van der Waals surface area contributed by atoms with Crippen LogP contribution >= 0.6 is 22.6 Å². The quantitative estimate of drug-likeness (QED) is 0.721. The molecule has 72 valence electrons. The summed E-state index contributed by atoms with van der Waals surface area (Å²) in [5.74, 6) is 1.46. The molecule has 0 radical (unpaired) electrons. The Balaban J connectivity index is 2.86. The van der Waals surface area contributed by atoms with E-state index in [1.165, 1.54) is 15.6 Å². The third-order valence-electron chi connectivity index (χ3n) is 2.54. The average molecular weight is 288 g/mol. The minimum atomic E-state index is 0.719. The first-order valence-electron chi connectivity index (χ1n) is 4.90. The standard InChI is InChI=1S/C12H17I/c1-4-12(9(2)3)10-5-7-11(13)8-6-10/h5-9,12H,4H2,1-3H3/t12-/m0/s1. The van der Waals surface area contributed by atoms with Crippen molar-refractivity contribution < 1.29 is 0 Å². The average Bonchev–Trinajstić information content (AvgIpc) is 2.09. The molecule has 0 amide bonds. The van der Waals surface area contributed by atoms with Gasteiger partial charge in [-0.15, -0.1) is 0 Å². The molecule has 0 aliphatic heterocycles. The van der Waals surface area contributed by atoms with Gasteiger partial charge in [-0.1, -0.05) is 32.9 Å². The number of hydrogen-bond acceptors (Lipinski definition) is 0. The van der Waals surface area contributed by atoms with Crippen LogP contribution in [0.2, 0.25) is 0 Å². The van der Waals surface area contributed by atoms with Crippen LogP contribution in [0, 0.1) is 9.49 Å². The molecule has 1 aromatic rings. The van der Waals surface area contributed by atoms with Crippen molar-refractivity contribution in [2.24, 2.45) is 5.92 Å². The molecule has 0 spiro atoms. The van der Waals surface area contributed by atoms with Crippen molar-refractivity contribution in [2.75, 3.05) is 0 Å². The van der Waals surface area contributed by atoms with Crippen LogP contribution in [-0.4, -0.2) is 0 Å². The molecular weight excluding hydrogens is 271 g/mol. The van der Waals surface area contributed by atoms with Gasteiger partial charge in [-0.25, -0.2) is 0 Å². The Hall–Kier alpha value is -0.0500. The van der Waals surface area contributed by atoms with Crippen LogP contribution in [0.25, 0.3) is 0 Å². The molecule has 0 nitrogen and oxygen atoms in total. The molecule has 0 heterocycles. The van der Waals surface area contributed by atoms with E-state index in [1.807, 2.05) is 0 Å². The van der Waals surface area contributed by atoms with Crippen molar-refractivity contribution >= 4 is 22.6 Å². The largest absolute Gasteiger partial charge is 0.0648 e. The number of benzene rings is 1. The molecule has 0 N–H and O–H groups in total. The van der Waals surface area contributed by atoms with E-state index >= 15 is 0 Å². The summed E-state index contributed by atoms with van der Waals surface area (Å²) in [6.07, 6.45) is 1.23. The lowest BCUT2D eigenvalue weighted by Gasteiger charge is -2.19. The van der Waals surface area contributed by atoms with Crippen LogP contribution in [0.1, 0.15) is 38.7 Å². The van der Waals surface area contributed by atoms with Crippen LogP contribution in [-0.2, 0) is 0 Å². The van der Waals surface area contributed by atoms with Gasteiger partial charge in [0.2, 0.25) is 0 Å². The summed E-state index contributed by atoms with van der Waals surface area (Å²) in [7, 11) is 0. The van der Waals surface area contributed by atoms with Crippen molar-refractivity contribution in [3.63, 3.8) is 0 Å². The van der Waals surface area contributed by atoms with Crippen molar-refractivity contribution in [1.82, 2.24) is 0 Å². The lowest BCUT2D eigenvalue weighted by Crippen LogP contribution is -2.05. The zero-order valence-corrected chi connectivity index (χ0v) is 10.7. The van der Waals surface area contributed by atoms with Gasteiger partial charge in [0.15, 0.2) is 0 Å². The Labute approximate surface area is 94.9 Å². The Bertz CT molecular complexity index is 248. The van der Waals surface area contributed by atoms with Gasteiger partial charge in [-0.2, -0.15) is 0 Å². The van der Waals surface area contributed by atoms with Gasteiger partial charge < -0.3 is 0 Å². The SMILES string of the molecule is CC[C@H](c1ccc(I)cc1)C(C)C. The molecule has 0 fully saturated rings. The Kier molecular flexibility index (Phi) is 4.23. The highest BCUT2D eigenvalue weighted by atomic mass is 127. The molecule has 1 atom stereocenters. The van der Waals surface area contributed by atoms with Crippen molar-refractivity contribution in [1.29, 1.82) is 0 Å². The molecule has 0 aliphatic rings. The highest BCUT2D eigenvalue weighted by molar-refractivity contribution is 14.1. The number of hydrogen-bond donors (Lipinski definition) is 0. The first kappa shape index (κ1) is 11.0. The zero-order valence-electron chi connectivity index (χ0n) is 8.55. The summed E-state index contributed by atoms with van der Waals surface area (Å²) >= 11 is 2.35. The number of rotatable bonds is 3. The van der Waals surface area contributed by atoms with Gasteiger partial charge in [-0.3, -0.25) is 0 Å². The van der Waals surface area contributed by atoms with E-state index < -0.39 is 0 Å². The van der Waals surface area contributed by atoms with E-state index in [-0.39, 0.29) is 0 Å². The normalized spacial score (nSPS) is 13.3. The van der Waals surface area contributed by atoms with Gasteiger partial charge >= 0.3 is 0 Å². The molecule has 0 unspecified atom stereocenters.